The van der Waals surface area contributed by atoms with E-state index >= 15 is 0 Å². The van der Waals surface area contributed by atoms with E-state index in [0.717, 1.165) is 18.6 Å². The summed E-state index contributed by atoms with van der Waals surface area (Å²) in [5, 5.41) is 8.43. The number of hydrogen-bond donors (Lipinski definition) is 3. The average Bonchev–Trinajstić information content (AvgIpc) is 3.05. The zero-order valence-corrected chi connectivity index (χ0v) is 19.5. The zero-order valence-electron chi connectivity index (χ0n) is 16.3. The van der Waals surface area contributed by atoms with Crippen LogP contribution in [-0.2, 0) is 11.2 Å². The molecule has 1 aromatic carbocycles. The highest BCUT2D eigenvalue weighted by molar-refractivity contribution is 14.0. The van der Waals surface area contributed by atoms with Crippen molar-refractivity contribution in [2.75, 3.05) is 18.4 Å². The van der Waals surface area contributed by atoms with Gasteiger partial charge in [-0.05, 0) is 45.0 Å². The van der Waals surface area contributed by atoms with Crippen LogP contribution in [0.4, 0.5) is 18.9 Å². The molecule has 3 N–H and O–H groups in total. The topological polar surface area (TPSA) is 65.5 Å². The third-order valence-electron chi connectivity index (χ3n) is 3.72. The lowest BCUT2D eigenvalue weighted by molar-refractivity contribution is -0.114. The molecule has 2 rings (SSSR count). The van der Waals surface area contributed by atoms with E-state index in [1.165, 1.54) is 9.75 Å². The maximum Gasteiger partial charge on any atom is 0.246 e. The smallest absolute Gasteiger partial charge is 0.246 e. The molecule has 1 heterocycles. The summed E-state index contributed by atoms with van der Waals surface area (Å²) in [6.45, 7) is 6.22. The Labute approximate surface area is 189 Å². The molecular weight excluding hydrogens is 516 g/mol. The number of nitrogens with one attached hydrogen (secondary N) is 3. The van der Waals surface area contributed by atoms with Crippen LogP contribution in [-0.4, -0.2) is 31.0 Å². The van der Waals surface area contributed by atoms with Crippen LogP contribution in [0.3, 0.4) is 0 Å². The molecule has 0 saturated heterocycles. The molecule has 0 saturated carbocycles. The van der Waals surface area contributed by atoms with Gasteiger partial charge in [-0.3, -0.25) is 4.79 Å². The van der Waals surface area contributed by atoms with Crippen LogP contribution in [0, 0.1) is 24.4 Å². The minimum atomic E-state index is -1.63. The minimum absolute atomic E-state index is 0. The molecule has 0 fully saturated rings. The first-order chi connectivity index (χ1) is 13.3. The number of benzene rings is 1. The summed E-state index contributed by atoms with van der Waals surface area (Å²) in [6.07, 6.45) is 0.801. The molecule has 0 radical (unpaired) electrons. The Balaban J connectivity index is 0.00000420. The van der Waals surface area contributed by atoms with Crippen LogP contribution in [0.2, 0.25) is 0 Å². The second-order valence-corrected chi connectivity index (χ2v) is 7.60. The Hall–Kier alpha value is -1.82. The number of carbonyl (C=O) groups is 1. The number of carbonyl (C=O) groups excluding carboxylic acids is 1. The first-order valence-electron chi connectivity index (χ1n) is 8.83. The van der Waals surface area contributed by atoms with E-state index in [9.17, 15) is 18.0 Å². The normalized spacial score (nSPS) is 12.1. The summed E-state index contributed by atoms with van der Waals surface area (Å²) in [7, 11) is 0. The van der Waals surface area contributed by atoms with Crippen LogP contribution >= 0.6 is 35.3 Å². The van der Waals surface area contributed by atoms with E-state index in [4.69, 9.17) is 0 Å². The molecule has 10 heteroatoms. The number of aryl methyl sites for hydroxylation is 1. The minimum Gasteiger partial charge on any atom is -0.357 e. The van der Waals surface area contributed by atoms with Crippen LogP contribution in [0.5, 0.6) is 0 Å². The van der Waals surface area contributed by atoms with E-state index in [-0.39, 0.29) is 36.6 Å². The second-order valence-electron chi connectivity index (χ2n) is 6.23. The molecule has 2 aromatic rings. The van der Waals surface area contributed by atoms with Gasteiger partial charge in [0.2, 0.25) is 5.91 Å². The van der Waals surface area contributed by atoms with Crippen molar-refractivity contribution in [2.45, 2.75) is 33.2 Å². The van der Waals surface area contributed by atoms with E-state index in [1.54, 1.807) is 11.3 Å². The third-order valence-corrected chi connectivity index (χ3v) is 4.74. The van der Waals surface area contributed by atoms with Crippen LogP contribution in [0.25, 0.3) is 0 Å². The Morgan fingerprint density at radius 1 is 1.17 bits per heavy atom. The number of halogens is 4. The van der Waals surface area contributed by atoms with Gasteiger partial charge in [-0.25, -0.2) is 18.2 Å². The van der Waals surface area contributed by atoms with E-state index in [2.05, 4.69) is 33.1 Å². The van der Waals surface area contributed by atoms with Crippen molar-refractivity contribution in [3.05, 3.63) is 51.5 Å². The van der Waals surface area contributed by atoms with Crippen molar-refractivity contribution in [1.82, 2.24) is 10.6 Å². The van der Waals surface area contributed by atoms with Gasteiger partial charge < -0.3 is 16.0 Å². The predicted molar refractivity (Wildman–Crippen MR) is 122 cm³/mol. The molecule has 0 aliphatic carbocycles. The fourth-order valence-electron chi connectivity index (χ4n) is 2.46. The number of amides is 1. The maximum absolute atomic E-state index is 13.6. The van der Waals surface area contributed by atoms with Gasteiger partial charge in [0.15, 0.2) is 23.4 Å². The van der Waals surface area contributed by atoms with Gasteiger partial charge in [-0.1, -0.05) is 0 Å². The zero-order chi connectivity index (χ0) is 20.7. The fourth-order valence-corrected chi connectivity index (χ4v) is 3.48. The Morgan fingerprint density at radius 3 is 2.52 bits per heavy atom. The van der Waals surface area contributed by atoms with Gasteiger partial charge in [-0.15, -0.1) is 35.3 Å². The molecule has 0 aliphatic heterocycles. The van der Waals surface area contributed by atoms with Gasteiger partial charge in [0.05, 0.1) is 5.69 Å². The largest absolute Gasteiger partial charge is 0.357 e. The predicted octanol–water partition coefficient (Wildman–Crippen LogP) is 4.22. The van der Waals surface area contributed by atoms with Crippen LogP contribution in [0.1, 0.15) is 23.6 Å². The number of nitrogens with zero attached hydrogens (tertiary/aromatic N) is 1. The lowest BCUT2D eigenvalue weighted by Crippen LogP contribution is -2.43. The highest BCUT2D eigenvalue weighted by Gasteiger charge is 2.15. The van der Waals surface area contributed by atoms with Crippen molar-refractivity contribution >= 4 is 52.9 Å². The number of thiophene rings is 1. The maximum atomic E-state index is 13.6. The molecule has 5 nitrogen and oxygen atoms in total. The number of aliphatic imine (C=N–C) groups is 1. The summed E-state index contributed by atoms with van der Waals surface area (Å²) in [4.78, 5) is 18.6. The first kappa shape index (κ1) is 25.2. The summed E-state index contributed by atoms with van der Waals surface area (Å²) in [6, 6.07) is 5.92. The first-order valence-corrected chi connectivity index (χ1v) is 9.65. The molecule has 1 aromatic heterocycles. The molecular formula is C19H24F3IN4OS. The molecule has 1 unspecified atom stereocenters. The van der Waals surface area contributed by atoms with Crippen molar-refractivity contribution in [1.29, 1.82) is 0 Å². The highest BCUT2D eigenvalue weighted by Crippen LogP contribution is 2.19. The SMILES string of the molecule is CCNC(=NCC(=O)Nc1ccc(F)c(F)c1F)NC(C)Cc1ccc(C)s1.I. The molecule has 0 aliphatic rings. The average molecular weight is 540 g/mol. The molecule has 29 heavy (non-hydrogen) atoms. The van der Waals surface area contributed by atoms with Gasteiger partial charge in [0.25, 0.3) is 0 Å². The van der Waals surface area contributed by atoms with E-state index < -0.39 is 29.0 Å². The third kappa shape index (κ3) is 7.84. The quantitative estimate of drug-likeness (QED) is 0.213. The lowest BCUT2D eigenvalue weighted by Gasteiger charge is -2.17. The summed E-state index contributed by atoms with van der Waals surface area (Å²) >= 11 is 1.72. The van der Waals surface area contributed by atoms with Crippen LogP contribution < -0.4 is 16.0 Å². The fraction of sp³-hybridized carbons (Fsp3) is 0.368. The van der Waals surface area contributed by atoms with Crippen LogP contribution in [0.15, 0.2) is 29.3 Å². The highest BCUT2D eigenvalue weighted by atomic mass is 127. The molecule has 0 spiro atoms. The molecule has 160 valence electrons. The standard InChI is InChI=1S/C19H23F3N4OS.HI/c1-4-23-19(25-11(2)9-13-6-5-12(3)28-13)24-10-16(27)26-15-8-7-14(20)17(21)18(15)22;/h5-8,11H,4,9-10H2,1-3H3,(H,26,27)(H2,23,24,25);1H. The number of rotatable bonds is 7. The van der Waals surface area contributed by atoms with E-state index in [1.807, 2.05) is 20.8 Å². The summed E-state index contributed by atoms with van der Waals surface area (Å²) in [5.74, 6) is -4.61. The van der Waals surface area contributed by atoms with Crippen molar-refractivity contribution < 1.29 is 18.0 Å². The Kier molecular flexibility index (Phi) is 10.4. The number of anilines is 1. The Morgan fingerprint density at radius 2 is 1.90 bits per heavy atom. The number of guanidine groups is 1. The lowest BCUT2D eigenvalue weighted by atomic mass is 10.2. The number of hydrogen-bond acceptors (Lipinski definition) is 3. The molecule has 0 bridgehead atoms. The van der Waals surface area contributed by atoms with E-state index in [0.29, 0.717) is 12.5 Å². The molecule has 1 atom stereocenters. The van der Waals surface area contributed by atoms with Gasteiger partial charge >= 0.3 is 0 Å². The monoisotopic (exact) mass is 540 g/mol. The summed E-state index contributed by atoms with van der Waals surface area (Å²) < 4.78 is 39.8. The second kappa shape index (κ2) is 12.0. The van der Waals surface area contributed by atoms with Gasteiger partial charge in [0.1, 0.15) is 6.54 Å². The van der Waals surface area contributed by atoms with Crippen molar-refractivity contribution in [2.24, 2.45) is 4.99 Å². The van der Waals surface area contributed by atoms with Crippen molar-refractivity contribution in [3.8, 4) is 0 Å². The van der Waals surface area contributed by atoms with Crippen molar-refractivity contribution in [3.63, 3.8) is 0 Å². The summed E-state index contributed by atoms with van der Waals surface area (Å²) in [5.41, 5.74) is -0.432. The van der Waals surface area contributed by atoms with Gasteiger partial charge in [0, 0.05) is 28.8 Å². The van der Waals surface area contributed by atoms with Gasteiger partial charge in [-0.2, -0.15) is 0 Å². The molecule has 1 amide bonds. The Bertz CT molecular complexity index is 860.